The number of halogens is 2. The molecule has 0 spiro atoms. The molecule has 0 amide bonds. The predicted molar refractivity (Wildman–Crippen MR) is 61.2 cm³/mol. The number of hydrogen-bond donors (Lipinski definition) is 1. The number of esters is 1. The number of ether oxygens (including phenoxy) is 1. The Bertz CT molecular complexity index is 513. The smallest absolute Gasteiger partial charge is 0.329 e. The maximum absolute atomic E-state index is 11.1. The van der Waals surface area contributed by atoms with E-state index in [9.17, 15) is 13.2 Å². The van der Waals surface area contributed by atoms with Crippen molar-refractivity contribution in [3.8, 4) is 5.75 Å². The van der Waals surface area contributed by atoms with E-state index in [1.165, 1.54) is 18.2 Å². The average Bonchev–Trinajstić information content (AvgIpc) is 2.06. The van der Waals surface area contributed by atoms with E-state index in [0.29, 0.717) is 9.50 Å². The fourth-order valence-electron chi connectivity index (χ4n) is 0.859. The Balaban J connectivity index is 2.78. The molecule has 0 bridgehead atoms. The van der Waals surface area contributed by atoms with Gasteiger partial charge in [-0.2, -0.15) is 8.42 Å². The molecule has 1 N–H and O–H groups in total. The highest BCUT2D eigenvalue weighted by molar-refractivity contribution is 9.10. The normalized spacial score (nSPS) is 11.2. The van der Waals surface area contributed by atoms with Gasteiger partial charge in [0.2, 0.25) is 0 Å². The van der Waals surface area contributed by atoms with Gasteiger partial charge in [-0.3, -0.25) is 9.35 Å². The quantitative estimate of drug-likeness (QED) is 0.520. The van der Waals surface area contributed by atoms with Crippen molar-refractivity contribution < 1.29 is 22.5 Å². The average molecular weight is 330 g/mol. The minimum Gasteiger partial charge on any atom is -0.425 e. The molecule has 0 heterocycles. The van der Waals surface area contributed by atoms with Crippen molar-refractivity contribution in [1.82, 2.24) is 0 Å². The van der Waals surface area contributed by atoms with Crippen molar-refractivity contribution in [2.45, 2.75) is 0 Å². The van der Waals surface area contributed by atoms with Crippen LogP contribution in [0.3, 0.4) is 0 Å². The molecule has 1 aromatic carbocycles. The van der Waals surface area contributed by atoms with Gasteiger partial charge in [0.05, 0.1) is 4.47 Å². The molecule has 5 nitrogen and oxygen atoms in total. The molecule has 1 rings (SSSR count). The van der Waals surface area contributed by atoms with Crippen LogP contribution in [0, 0.1) is 0 Å². The van der Waals surface area contributed by atoms with Crippen molar-refractivity contribution in [2.75, 3.05) is 5.75 Å². The minimum atomic E-state index is -4.38. The summed E-state index contributed by atoms with van der Waals surface area (Å²) in [7, 11) is -4.38. The van der Waals surface area contributed by atoms with Crippen molar-refractivity contribution in [1.29, 1.82) is 0 Å². The molecule has 8 heteroatoms. The van der Waals surface area contributed by atoms with Crippen molar-refractivity contribution in [3.63, 3.8) is 0 Å². The molecular weight excluding hydrogens is 324 g/mol. The summed E-state index contributed by atoms with van der Waals surface area (Å²) in [4.78, 5) is 11.1. The fourth-order valence-corrected chi connectivity index (χ4v) is 1.98. The Labute approximate surface area is 105 Å². The van der Waals surface area contributed by atoms with Crippen LogP contribution in [0.4, 0.5) is 0 Å². The van der Waals surface area contributed by atoms with E-state index in [1.807, 2.05) is 0 Å². The van der Waals surface area contributed by atoms with E-state index in [2.05, 4.69) is 15.9 Å². The second-order valence-corrected chi connectivity index (χ2v) is 5.52. The van der Waals surface area contributed by atoms with Crippen LogP contribution in [0.25, 0.3) is 0 Å². The van der Waals surface area contributed by atoms with E-state index in [1.54, 1.807) is 0 Å². The molecular formula is C8H6BrClO5S. The molecule has 0 saturated carbocycles. The second-order valence-electron chi connectivity index (χ2n) is 2.78. The zero-order chi connectivity index (χ0) is 12.3. The maximum Gasteiger partial charge on any atom is 0.329 e. The first-order chi connectivity index (χ1) is 7.28. The Kier molecular flexibility index (Phi) is 4.31. The standard InChI is InChI=1S/C8H6BrClO5S/c9-6-3-5(10)1-2-7(6)15-8(11)4-16(12,13)14/h1-3H,4H2,(H,12,13,14). The van der Waals surface area contributed by atoms with Gasteiger partial charge in [-0.05, 0) is 34.1 Å². The van der Waals surface area contributed by atoms with Gasteiger partial charge in [0.15, 0.2) is 5.75 Å². The first-order valence-corrected chi connectivity index (χ1v) is 6.67. The topological polar surface area (TPSA) is 80.7 Å². The highest BCUT2D eigenvalue weighted by atomic mass is 79.9. The fraction of sp³-hybridized carbons (Fsp3) is 0.125. The highest BCUT2D eigenvalue weighted by Crippen LogP contribution is 2.28. The Morgan fingerprint density at radius 2 is 2.12 bits per heavy atom. The lowest BCUT2D eigenvalue weighted by Crippen LogP contribution is -2.20. The van der Waals surface area contributed by atoms with Crippen LogP contribution >= 0.6 is 27.5 Å². The van der Waals surface area contributed by atoms with Crippen molar-refractivity contribution in [3.05, 3.63) is 27.7 Å². The van der Waals surface area contributed by atoms with Crippen molar-refractivity contribution >= 4 is 43.6 Å². The summed E-state index contributed by atoms with van der Waals surface area (Å²) in [6.07, 6.45) is 0. The highest BCUT2D eigenvalue weighted by Gasteiger charge is 2.16. The van der Waals surface area contributed by atoms with E-state index >= 15 is 0 Å². The maximum atomic E-state index is 11.1. The van der Waals surface area contributed by atoms with E-state index in [-0.39, 0.29) is 5.75 Å². The number of carbonyl (C=O) groups is 1. The first-order valence-electron chi connectivity index (χ1n) is 3.89. The molecule has 0 unspecified atom stereocenters. The molecule has 0 radical (unpaired) electrons. The number of hydrogen-bond acceptors (Lipinski definition) is 4. The zero-order valence-electron chi connectivity index (χ0n) is 7.68. The van der Waals surface area contributed by atoms with Crippen LogP contribution in [0.1, 0.15) is 0 Å². The van der Waals surface area contributed by atoms with Gasteiger partial charge in [-0.15, -0.1) is 0 Å². The van der Waals surface area contributed by atoms with Gasteiger partial charge in [0, 0.05) is 5.02 Å². The first kappa shape index (κ1) is 13.4. The van der Waals surface area contributed by atoms with Crippen LogP contribution in [0.15, 0.2) is 22.7 Å². The number of benzene rings is 1. The Hall–Kier alpha value is -0.630. The minimum absolute atomic E-state index is 0.123. The SMILES string of the molecule is O=C(CS(=O)(=O)O)Oc1ccc(Cl)cc1Br. The summed E-state index contributed by atoms with van der Waals surface area (Å²) in [6.45, 7) is 0. The lowest BCUT2D eigenvalue weighted by molar-refractivity contribution is -0.131. The monoisotopic (exact) mass is 328 g/mol. The lowest BCUT2D eigenvalue weighted by atomic mass is 10.3. The van der Waals surface area contributed by atoms with Crippen LogP contribution in [-0.2, 0) is 14.9 Å². The largest absolute Gasteiger partial charge is 0.425 e. The Morgan fingerprint density at radius 3 is 2.62 bits per heavy atom. The van der Waals surface area contributed by atoms with Gasteiger partial charge in [0.25, 0.3) is 10.1 Å². The second kappa shape index (κ2) is 5.13. The van der Waals surface area contributed by atoms with Gasteiger partial charge < -0.3 is 4.74 Å². The van der Waals surface area contributed by atoms with Crippen LogP contribution in [0.5, 0.6) is 5.75 Å². The molecule has 1 aromatic rings. The van der Waals surface area contributed by atoms with Gasteiger partial charge in [0.1, 0.15) is 5.75 Å². The zero-order valence-corrected chi connectivity index (χ0v) is 10.8. The molecule has 0 aliphatic heterocycles. The summed E-state index contributed by atoms with van der Waals surface area (Å²) < 4.78 is 34.3. The molecule has 0 atom stereocenters. The van der Waals surface area contributed by atoms with E-state index in [4.69, 9.17) is 20.9 Å². The molecule has 0 aliphatic carbocycles. The Morgan fingerprint density at radius 1 is 1.50 bits per heavy atom. The molecule has 88 valence electrons. The van der Waals surface area contributed by atoms with Crippen LogP contribution in [0.2, 0.25) is 5.02 Å². The van der Waals surface area contributed by atoms with Gasteiger partial charge in [-0.1, -0.05) is 11.6 Å². The van der Waals surface area contributed by atoms with E-state index < -0.39 is 21.8 Å². The van der Waals surface area contributed by atoms with Crippen LogP contribution in [-0.4, -0.2) is 24.7 Å². The lowest BCUT2D eigenvalue weighted by Gasteiger charge is -2.05. The number of rotatable bonds is 3. The molecule has 0 aromatic heterocycles. The molecule has 0 aliphatic rings. The van der Waals surface area contributed by atoms with Gasteiger partial charge in [-0.25, -0.2) is 0 Å². The molecule has 0 saturated heterocycles. The summed E-state index contributed by atoms with van der Waals surface area (Å²) in [5.41, 5.74) is 0. The third-order valence-corrected chi connectivity index (χ3v) is 2.87. The van der Waals surface area contributed by atoms with Crippen LogP contribution < -0.4 is 4.74 Å². The van der Waals surface area contributed by atoms with Gasteiger partial charge >= 0.3 is 5.97 Å². The predicted octanol–water partition coefficient (Wildman–Crippen LogP) is 1.90. The summed E-state index contributed by atoms with van der Waals surface area (Å²) in [6, 6.07) is 4.36. The third-order valence-electron chi connectivity index (χ3n) is 1.42. The summed E-state index contributed by atoms with van der Waals surface area (Å²) >= 11 is 8.74. The molecule has 0 fully saturated rings. The molecule has 16 heavy (non-hydrogen) atoms. The van der Waals surface area contributed by atoms with Crippen molar-refractivity contribution in [2.24, 2.45) is 0 Å². The number of carbonyl (C=O) groups excluding carboxylic acids is 1. The summed E-state index contributed by atoms with van der Waals surface area (Å²) in [5.74, 6) is -2.05. The summed E-state index contributed by atoms with van der Waals surface area (Å²) in [5, 5.41) is 0.432. The third kappa shape index (κ3) is 4.48. The van der Waals surface area contributed by atoms with E-state index in [0.717, 1.165) is 0 Å².